The molecule has 0 aromatic heterocycles. The highest BCUT2D eigenvalue weighted by molar-refractivity contribution is 4.74. The first-order chi connectivity index (χ1) is 3.43. The Morgan fingerprint density at radius 3 is 2.43 bits per heavy atom. The first-order valence-electron chi connectivity index (χ1n) is 2.87. The third-order valence-electron chi connectivity index (χ3n) is 1.51. The molecule has 0 spiro atoms. The Balaban J connectivity index is 1.93. The van der Waals surface area contributed by atoms with Crippen molar-refractivity contribution in [1.29, 1.82) is 0 Å². The molecule has 0 atom stereocenters. The van der Waals surface area contributed by atoms with E-state index in [2.05, 4.69) is 5.32 Å². The summed E-state index contributed by atoms with van der Waals surface area (Å²) in [5, 5.41) is 3.16. The van der Waals surface area contributed by atoms with Crippen LogP contribution in [0.3, 0.4) is 0 Å². The average Bonchev–Trinajstić information content (AvgIpc) is 1.55. The van der Waals surface area contributed by atoms with Crippen molar-refractivity contribution in [2.75, 3.05) is 6.67 Å². The van der Waals surface area contributed by atoms with E-state index in [9.17, 15) is 0 Å². The molecule has 2 nitrogen and oxygen atoms in total. The molecule has 0 aliphatic heterocycles. The highest BCUT2D eigenvalue weighted by Gasteiger charge is 2.14. The number of hydrogen-bond donors (Lipinski definition) is 2. The zero-order chi connectivity index (χ0) is 5.11. The maximum atomic E-state index is 5.23. The summed E-state index contributed by atoms with van der Waals surface area (Å²) < 4.78 is 0. The van der Waals surface area contributed by atoms with E-state index in [1.165, 1.54) is 19.3 Å². The van der Waals surface area contributed by atoms with Crippen molar-refractivity contribution in [2.24, 2.45) is 5.73 Å². The highest BCUT2D eigenvalue weighted by Crippen LogP contribution is 2.16. The number of nitrogens with one attached hydrogen (secondary N) is 1. The fourth-order valence-corrected chi connectivity index (χ4v) is 0.779. The van der Waals surface area contributed by atoms with E-state index >= 15 is 0 Å². The van der Waals surface area contributed by atoms with Gasteiger partial charge in [-0.05, 0) is 12.8 Å². The van der Waals surface area contributed by atoms with Gasteiger partial charge in [-0.15, -0.1) is 0 Å². The predicted octanol–water partition coefficient (Wildman–Crippen LogP) is 0.0447. The van der Waals surface area contributed by atoms with E-state index in [0.717, 1.165) is 6.04 Å². The second kappa shape index (κ2) is 2.28. The second-order valence-corrected chi connectivity index (χ2v) is 2.04. The average molecular weight is 100 g/mol. The summed E-state index contributed by atoms with van der Waals surface area (Å²) in [5.41, 5.74) is 5.23. The summed E-state index contributed by atoms with van der Waals surface area (Å²) >= 11 is 0. The van der Waals surface area contributed by atoms with Crippen molar-refractivity contribution in [3.05, 3.63) is 0 Å². The van der Waals surface area contributed by atoms with Gasteiger partial charge >= 0.3 is 0 Å². The van der Waals surface area contributed by atoms with Crippen LogP contribution >= 0.6 is 0 Å². The standard InChI is InChI=1S/C5H12N2/c6-4-7-5-2-1-3-5/h5,7H,1-4,6H2. The van der Waals surface area contributed by atoms with E-state index in [1.807, 2.05) is 0 Å². The first kappa shape index (κ1) is 5.06. The fraction of sp³-hybridized carbons (Fsp3) is 1.00. The molecule has 0 amide bonds. The van der Waals surface area contributed by atoms with Crippen LogP contribution in [0.1, 0.15) is 19.3 Å². The van der Waals surface area contributed by atoms with Crippen LogP contribution in [0.25, 0.3) is 0 Å². The van der Waals surface area contributed by atoms with Crippen LogP contribution < -0.4 is 11.1 Å². The lowest BCUT2D eigenvalue weighted by Gasteiger charge is -2.25. The predicted molar refractivity (Wildman–Crippen MR) is 29.8 cm³/mol. The molecule has 2 heteroatoms. The molecule has 1 fully saturated rings. The van der Waals surface area contributed by atoms with Gasteiger partial charge in [0.15, 0.2) is 0 Å². The van der Waals surface area contributed by atoms with Crippen LogP contribution in [0.5, 0.6) is 0 Å². The van der Waals surface area contributed by atoms with Gasteiger partial charge in [-0.2, -0.15) is 0 Å². The minimum atomic E-state index is 0.644. The zero-order valence-corrected chi connectivity index (χ0v) is 4.48. The number of rotatable bonds is 2. The summed E-state index contributed by atoms with van der Waals surface area (Å²) in [4.78, 5) is 0. The zero-order valence-electron chi connectivity index (χ0n) is 4.48. The second-order valence-electron chi connectivity index (χ2n) is 2.04. The minimum absolute atomic E-state index is 0.644. The van der Waals surface area contributed by atoms with Crippen molar-refractivity contribution in [3.8, 4) is 0 Å². The van der Waals surface area contributed by atoms with Gasteiger partial charge in [0.25, 0.3) is 0 Å². The van der Waals surface area contributed by atoms with E-state index in [4.69, 9.17) is 5.73 Å². The van der Waals surface area contributed by atoms with Gasteiger partial charge in [0.05, 0.1) is 0 Å². The van der Waals surface area contributed by atoms with E-state index < -0.39 is 0 Å². The van der Waals surface area contributed by atoms with Gasteiger partial charge in [0.2, 0.25) is 0 Å². The van der Waals surface area contributed by atoms with Crippen LogP contribution in [0.4, 0.5) is 0 Å². The molecule has 1 saturated carbocycles. The van der Waals surface area contributed by atoms with Crippen LogP contribution in [-0.4, -0.2) is 12.7 Å². The monoisotopic (exact) mass is 100 g/mol. The molecule has 0 saturated heterocycles. The maximum Gasteiger partial charge on any atom is 0.0430 e. The van der Waals surface area contributed by atoms with Crippen molar-refractivity contribution >= 4 is 0 Å². The topological polar surface area (TPSA) is 38.0 Å². The minimum Gasteiger partial charge on any atom is -0.318 e. The Bertz CT molecular complexity index is 50.0. The molecule has 0 aromatic rings. The molecule has 0 bridgehead atoms. The van der Waals surface area contributed by atoms with Gasteiger partial charge < -0.3 is 11.1 Å². The molecule has 3 N–H and O–H groups in total. The fourth-order valence-electron chi connectivity index (χ4n) is 0.779. The molecule has 7 heavy (non-hydrogen) atoms. The first-order valence-corrected chi connectivity index (χ1v) is 2.87. The summed E-state index contributed by atoms with van der Waals surface area (Å²) in [5.74, 6) is 0. The van der Waals surface area contributed by atoms with Crippen LogP contribution in [0.15, 0.2) is 0 Å². The number of hydrogen-bond acceptors (Lipinski definition) is 2. The molecule has 42 valence electrons. The Kier molecular flexibility index (Phi) is 1.65. The van der Waals surface area contributed by atoms with E-state index in [-0.39, 0.29) is 0 Å². The maximum absolute atomic E-state index is 5.23. The van der Waals surface area contributed by atoms with Gasteiger partial charge in [-0.3, -0.25) is 0 Å². The summed E-state index contributed by atoms with van der Waals surface area (Å²) in [7, 11) is 0. The Morgan fingerprint density at radius 1 is 1.57 bits per heavy atom. The molecule has 0 radical (unpaired) electrons. The molecule has 1 aliphatic rings. The van der Waals surface area contributed by atoms with Crippen LogP contribution in [0.2, 0.25) is 0 Å². The molecule has 0 unspecified atom stereocenters. The number of nitrogens with two attached hydrogens (primary N) is 1. The van der Waals surface area contributed by atoms with Gasteiger partial charge in [0, 0.05) is 12.7 Å². The third kappa shape index (κ3) is 1.14. The lowest BCUT2D eigenvalue weighted by molar-refractivity contribution is 0.344. The highest BCUT2D eigenvalue weighted by atomic mass is 15.0. The van der Waals surface area contributed by atoms with Crippen molar-refractivity contribution in [1.82, 2.24) is 5.32 Å². The molecular formula is C5H12N2. The van der Waals surface area contributed by atoms with Crippen molar-refractivity contribution in [2.45, 2.75) is 25.3 Å². The van der Waals surface area contributed by atoms with Gasteiger partial charge in [-0.25, -0.2) is 0 Å². The normalized spacial score (nSPS) is 21.9. The van der Waals surface area contributed by atoms with Crippen molar-refractivity contribution in [3.63, 3.8) is 0 Å². The molecule has 1 aliphatic carbocycles. The third-order valence-corrected chi connectivity index (χ3v) is 1.51. The Labute approximate surface area is 44.1 Å². The molecule has 0 aromatic carbocycles. The summed E-state index contributed by atoms with van der Waals surface area (Å²) in [6.45, 7) is 0.644. The Morgan fingerprint density at radius 2 is 2.29 bits per heavy atom. The molecule has 0 heterocycles. The van der Waals surface area contributed by atoms with E-state index in [1.54, 1.807) is 0 Å². The quantitative estimate of drug-likeness (QED) is 0.481. The largest absolute Gasteiger partial charge is 0.318 e. The van der Waals surface area contributed by atoms with Crippen LogP contribution in [0, 0.1) is 0 Å². The molecular weight excluding hydrogens is 88.1 g/mol. The summed E-state index contributed by atoms with van der Waals surface area (Å²) in [6.07, 6.45) is 4.05. The van der Waals surface area contributed by atoms with E-state index in [0.29, 0.717) is 6.67 Å². The Hall–Kier alpha value is -0.0800. The summed E-state index contributed by atoms with van der Waals surface area (Å²) in [6, 6.07) is 0.755. The molecule has 1 rings (SSSR count). The van der Waals surface area contributed by atoms with Gasteiger partial charge in [0.1, 0.15) is 0 Å². The van der Waals surface area contributed by atoms with Crippen molar-refractivity contribution < 1.29 is 0 Å². The van der Waals surface area contributed by atoms with Crippen LogP contribution in [-0.2, 0) is 0 Å². The SMILES string of the molecule is NCNC1CCC1. The smallest absolute Gasteiger partial charge is 0.0430 e. The van der Waals surface area contributed by atoms with Gasteiger partial charge in [-0.1, -0.05) is 6.42 Å². The lowest BCUT2D eigenvalue weighted by atomic mass is 9.93. The lowest BCUT2D eigenvalue weighted by Crippen LogP contribution is -2.38.